The fraction of sp³-hybridized carbons (Fsp3) is 0.500. The van der Waals surface area contributed by atoms with E-state index in [0.29, 0.717) is 23.6 Å². The minimum Gasteiger partial charge on any atom is -0.492 e. The number of hydrogen-bond donors (Lipinski definition) is 1. The maximum absolute atomic E-state index is 12.4. The molecule has 0 bridgehead atoms. The third-order valence-corrected chi connectivity index (χ3v) is 3.89. The van der Waals surface area contributed by atoms with Crippen molar-refractivity contribution in [2.75, 3.05) is 19.0 Å². The number of rotatable bonds is 6. The van der Waals surface area contributed by atoms with Gasteiger partial charge in [0.1, 0.15) is 17.4 Å². The van der Waals surface area contributed by atoms with Crippen LogP contribution in [0, 0.1) is 17.2 Å². The van der Waals surface area contributed by atoms with Crippen LogP contribution in [0.25, 0.3) is 0 Å². The van der Waals surface area contributed by atoms with Gasteiger partial charge in [-0.25, -0.2) is 0 Å². The molecule has 1 fully saturated rings. The number of ether oxygens (including phenoxy) is 2. The number of methoxy groups -OCH3 is 1. The van der Waals surface area contributed by atoms with Gasteiger partial charge in [-0.2, -0.15) is 5.26 Å². The number of benzene rings is 1. The van der Waals surface area contributed by atoms with Gasteiger partial charge < -0.3 is 14.8 Å². The van der Waals surface area contributed by atoms with E-state index in [1.807, 2.05) is 6.92 Å². The van der Waals surface area contributed by atoms with Crippen LogP contribution in [0.2, 0.25) is 0 Å². The fourth-order valence-electron chi connectivity index (χ4n) is 2.31. The molecular weight excluding hydrogens is 268 g/mol. The summed E-state index contributed by atoms with van der Waals surface area (Å²) in [4.78, 5) is 12.4. The molecule has 1 aromatic rings. The first kappa shape index (κ1) is 15.3. The number of carbonyl (C=O) groups excluding carboxylic acids is 1. The van der Waals surface area contributed by atoms with E-state index in [-0.39, 0.29) is 11.8 Å². The maximum Gasteiger partial charge on any atom is 0.256 e. The molecule has 0 aliphatic heterocycles. The molecule has 1 N–H and O–H groups in total. The van der Waals surface area contributed by atoms with E-state index in [2.05, 4.69) is 11.4 Å². The molecule has 5 heteroatoms. The molecule has 1 aromatic carbocycles. The predicted octanol–water partition coefficient (Wildman–Crippen LogP) is 2.71. The van der Waals surface area contributed by atoms with E-state index in [4.69, 9.17) is 14.7 Å². The van der Waals surface area contributed by atoms with E-state index in [1.54, 1.807) is 32.2 Å². The monoisotopic (exact) mass is 288 g/mol. The zero-order chi connectivity index (χ0) is 15.5. The van der Waals surface area contributed by atoms with Crippen molar-refractivity contribution in [1.82, 2.24) is 0 Å². The van der Waals surface area contributed by atoms with Crippen LogP contribution >= 0.6 is 0 Å². The van der Waals surface area contributed by atoms with Crippen LogP contribution in [0.5, 0.6) is 5.75 Å². The van der Waals surface area contributed by atoms with Crippen molar-refractivity contribution < 1.29 is 14.3 Å². The predicted molar refractivity (Wildman–Crippen MR) is 79.1 cm³/mol. The first-order valence-electron chi connectivity index (χ1n) is 7.08. The molecule has 0 saturated heterocycles. The summed E-state index contributed by atoms with van der Waals surface area (Å²) in [5.74, 6) is 0.607. The molecule has 1 aliphatic carbocycles. The fourth-order valence-corrected chi connectivity index (χ4v) is 2.31. The Bertz CT molecular complexity index is 575. The number of nitrogens with zero attached hydrogens (tertiary/aromatic N) is 1. The highest BCUT2D eigenvalue weighted by molar-refractivity contribution is 5.97. The van der Waals surface area contributed by atoms with E-state index in [9.17, 15) is 4.79 Å². The van der Waals surface area contributed by atoms with Crippen LogP contribution in [0.4, 0.5) is 5.69 Å². The first-order valence-corrected chi connectivity index (χ1v) is 7.08. The van der Waals surface area contributed by atoms with Crippen LogP contribution in [0.15, 0.2) is 18.2 Å². The van der Waals surface area contributed by atoms with Crippen LogP contribution < -0.4 is 10.1 Å². The number of hydrogen-bond acceptors (Lipinski definition) is 4. The molecule has 1 amide bonds. The Morgan fingerprint density at radius 3 is 2.76 bits per heavy atom. The van der Waals surface area contributed by atoms with Gasteiger partial charge in [0, 0.05) is 12.8 Å². The summed E-state index contributed by atoms with van der Waals surface area (Å²) in [6, 6.07) is 7.11. The van der Waals surface area contributed by atoms with Gasteiger partial charge in [0.15, 0.2) is 0 Å². The summed E-state index contributed by atoms with van der Waals surface area (Å²) in [6.07, 6.45) is 2.01. The van der Waals surface area contributed by atoms with Crippen molar-refractivity contribution in [3.63, 3.8) is 0 Å². The van der Waals surface area contributed by atoms with Crippen molar-refractivity contribution in [3.8, 4) is 11.8 Å². The van der Waals surface area contributed by atoms with Gasteiger partial charge in [-0.15, -0.1) is 0 Å². The van der Waals surface area contributed by atoms with Crippen LogP contribution in [-0.2, 0) is 9.53 Å². The molecular formula is C16H20N2O3. The highest BCUT2D eigenvalue weighted by Gasteiger charge is 2.47. The molecule has 2 rings (SSSR count). The van der Waals surface area contributed by atoms with Crippen molar-refractivity contribution in [2.45, 2.75) is 32.3 Å². The van der Waals surface area contributed by atoms with Crippen LogP contribution in [0.1, 0.15) is 32.3 Å². The Morgan fingerprint density at radius 2 is 2.24 bits per heavy atom. The van der Waals surface area contributed by atoms with Crippen molar-refractivity contribution in [3.05, 3.63) is 23.8 Å². The Balaban J connectivity index is 2.16. The Labute approximate surface area is 124 Å². The molecule has 5 nitrogen and oxygen atoms in total. The molecule has 0 radical (unpaired) electrons. The Morgan fingerprint density at radius 1 is 1.52 bits per heavy atom. The highest BCUT2D eigenvalue weighted by atomic mass is 16.5. The van der Waals surface area contributed by atoms with Gasteiger partial charge in [-0.1, -0.05) is 0 Å². The van der Waals surface area contributed by atoms with Crippen molar-refractivity contribution in [1.29, 1.82) is 5.26 Å². The summed E-state index contributed by atoms with van der Waals surface area (Å²) >= 11 is 0. The molecule has 1 unspecified atom stereocenters. The third-order valence-electron chi connectivity index (χ3n) is 3.89. The normalized spacial score (nSPS) is 16.7. The molecule has 1 atom stereocenters. The molecule has 21 heavy (non-hydrogen) atoms. The van der Waals surface area contributed by atoms with Crippen LogP contribution in [-0.4, -0.2) is 25.2 Å². The number of anilines is 1. The lowest BCUT2D eigenvalue weighted by atomic mass is 9.99. The quantitative estimate of drug-likeness (QED) is 0.873. The molecule has 1 saturated carbocycles. The van der Waals surface area contributed by atoms with Crippen molar-refractivity contribution in [2.24, 2.45) is 5.92 Å². The summed E-state index contributed by atoms with van der Waals surface area (Å²) in [5, 5.41) is 12.0. The molecule has 0 spiro atoms. The van der Waals surface area contributed by atoms with E-state index in [0.717, 1.165) is 12.8 Å². The zero-order valence-corrected chi connectivity index (χ0v) is 12.6. The van der Waals surface area contributed by atoms with Crippen LogP contribution in [0.3, 0.4) is 0 Å². The zero-order valence-electron chi connectivity index (χ0n) is 12.6. The second-order valence-electron chi connectivity index (χ2n) is 5.30. The Hall–Kier alpha value is -2.06. The summed E-state index contributed by atoms with van der Waals surface area (Å²) in [7, 11) is 1.55. The second-order valence-corrected chi connectivity index (χ2v) is 5.30. The lowest BCUT2D eigenvalue weighted by Crippen LogP contribution is -2.44. The summed E-state index contributed by atoms with van der Waals surface area (Å²) in [6.45, 7) is 4.15. The largest absolute Gasteiger partial charge is 0.492 e. The number of nitriles is 1. The highest BCUT2D eigenvalue weighted by Crippen LogP contribution is 2.42. The number of amides is 1. The second kappa shape index (κ2) is 6.15. The van der Waals surface area contributed by atoms with E-state index < -0.39 is 5.60 Å². The van der Waals surface area contributed by atoms with Gasteiger partial charge >= 0.3 is 0 Å². The average molecular weight is 288 g/mol. The minimum atomic E-state index is -0.814. The number of nitrogens with one attached hydrogen (secondary N) is 1. The first-order chi connectivity index (χ1) is 10.0. The third kappa shape index (κ3) is 3.17. The smallest absolute Gasteiger partial charge is 0.256 e. The molecule has 112 valence electrons. The number of carbonyl (C=O) groups is 1. The van der Waals surface area contributed by atoms with Gasteiger partial charge in [-0.3, -0.25) is 4.79 Å². The van der Waals surface area contributed by atoms with Crippen molar-refractivity contribution >= 4 is 11.6 Å². The van der Waals surface area contributed by atoms with E-state index >= 15 is 0 Å². The summed E-state index contributed by atoms with van der Waals surface area (Å²) in [5.41, 5.74) is 0.162. The molecule has 1 aliphatic rings. The average Bonchev–Trinajstić information content (AvgIpc) is 3.33. The lowest BCUT2D eigenvalue weighted by molar-refractivity contribution is -0.138. The van der Waals surface area contributed by atoms with Gasteiger partial charge in [-0.05, 0) is 50.8 Å². The summed E-state index contributed by atoms with van der Waals surface area (Å²) < 4.78 is 10.8. The lowest BCUT2D eigenvalue weighted by Gasteiger charge is -2.26. The van der Waals surface area contributed by atoms with Gasteiger partial charge in [0.05, 0.1) is 12.2 Å². The van der Waals surface area contributed by atoms with Gasteiger partial charge in [0.25, 0.3) is 5.91 Å². The minimum absolute atomic E-state index is 0.180. The Kier molecular flexibility index (Phi) is 4.49. The maximum atomic E-state index is 12.4. The SMILES string of the molecule is CCOc1ccc(NC(=O)C(C)(OC)C2CC2)cc1C#N. The van der Waals surface area contributed by atoms with Gasteiger partial charge in [0.2, 0.25) is 0 Å². The standard InChI is InChI=1S/C16H20N2O3/c1-4-21-14-8-7-13(9-11(14)10-17)18-15(19)16(2,20-3)12-5-6-12/h7-9,12H,4-6H2,1-3H3,(H,18,19). The van der Waals surface area contributed by atoms with E-state index in [1.165, 1.54) is 0 Å². The molecule has 0 heterocycles. The molecule has 0 aromatic heterocycles. The topological polar surface area (TPSA) is 71.3 Å².